The summed E-state index contributed by atoms with van der Waals surface area (Å²) in [7, 11) is -3.79. The van der Waals surface area contributed by atoms with Crippen LogP contribution in [0.3, 0.4) is 0 Å². The number of nitrogens with zero attached hydrogens (tertiary/aromatic N) is 2. The Labute approximate surface area is 249 Å². The molecule has 1 atom stereocenters. The van der Waals surface area contributed by atoms with Gasteiger partial charge in [0.25, 0.3) is 0 Å². The molecule has 0 fully saturated rings. The molecule has 0 bridgehead atoms. The van der Waals surface area contributed by atoms with Crippen LogP contribution in [0, 0.1) is 3.57 Å². The number of nitrogens with one attached hydrogen (secondary N) is 1. The number of rotatable bonds is 13. The van der Waals surface area contributed by atoms with Gasteiger partial charge in [0.1, 0.15) is 12.6 Å². The summed E-state index contributed by atoms with van der Waals surface area (Å²) in [5, 5.41) is 3.52. The van der Waals surface area contributed by atoms with Gasteiger partial charge in [-0.15, -0.1) is 0 Å². The largest absolute Gasteiger partial charge is 0.354 e. The summed E-state index contributed by atoms with van der Waals surface area (Å²) >= 11 is 8.22. The van der Waals surface area contributed by atoms with Crippen LogP contribution >= 0.6 is 34.2 Å². The maximum atomic E-state index is 14.0. The fourth-order valence-electron chi connectivity index (χ4n) is 4.07. The van der Waals surface area contributed by atoms with E-state index in [1.807, 2.05) is 37.3 Å². The Morgan fingerprint density at radius 3 is 2.18 bits per heavy atom. The monoisotopic (exact) mass is 681 g/mol. The lowest BCUT2D eigenvalue weighted by Crippen LogP contribution is -2.53. The van der Waals surface area contributed by atoms with Gasteiger partial charge in [-0.25, -0.2) is 8.42 Å². The Balaban J connectivity index is 2.01. The van der Waals surface area contributed by atoms with Crippen molar-refractivity contribution in [2.75, 3.05) is 23.7 Å². The van der Waals surface area contributed by atoms with Crippen molar-refractivity contribution in [3.8, 4) is 0 Å². The molecule has 0 spiro atoms. The summed E-state index contributed by atoms with van der Waals surface area (Å²) in [6.07, 6.45) is 3.07. The molecule has 0 saturated heterocycles. The zero-order chi connectivity index (χ0) is 28.4. The topological polar surface area (TPSA) is 86.8 Å². The van der Waals surface area contributed by atoms with Crippen LogP contribution in [-0.2, 0) is 32.6 Å². The zero-order valence-electron chi connectivity index (χ0n) is 22.0. The van der Waals surface area contributed by atoms with Gasteiger partial charge in [0.2, 0.25) is 21.8 Å². The molecule has 0 heterocycles. The first-order valence-electron chi connectivity index (χ1n) is 12.7. The summed E-state index contributed by atoms with van der Waals surface area (Å²) in [6, 6.07) is 22.6. The Morgan fingerprint density at radius 2 is 1.59 bits per heavy atom. The minimum absolute atomic E-state index is 0.110. The second kappa shape index (κ2) is 14.7. The molecule has 0 aliphatic heterocycles. The Kier molecular flexibility index (Phi) is 11.6. The average molecular weight is 682 g/mol. The van der Waals surface area contributed by atoms with Crippen molar-refractivity contribution in [3.63, 3.8) is 0 Å². The number of benzene rings is 3. The van der Waals surface area contributed by atoms with E-state index in [1.54, 1.807) is 48.5 Å². The summed E-state index contributed by atoms with van der Waals surface area (Å²) in [5.41, 5.74) is 2.04. The second-order valence-corrected chi connectivity index (χ2v) is 12.8. The molecule has 3 rings (SSSR count). The molecule has 7 nitrogen and oxygen atoms in total. The zero-order valence-corrected chi connectivity index (χ0v) is 25.7. The SMILES string of the molecule is CCCCNC(=O)[C@H](Cc1ccccc1)N(Cc1ccc(Cl)cc1)C(=O)CN(c1ccc(I)cc1)S(C)(=O)=O. The fourth-order valence-corrected chi connectivity index (χ4v) is 5.40. The van der Waals surface area contributed by atoms with Gasteiger partial charge in [-0.05, 0) is 76.5 Å². The third-order valence-electron chi connectivity index (χ3n) is 6.16. The van der Waals surface area contributed by atoms with Crippen LogP contribution in [-0.4, -0.2) is 50.5 Å². The molecule has 0 radical (unpaired) electrons. The smallest absolute Gasteiger partial charge is 0.244 e. The van der Waals surface area contributed by atoms with E-state index in [9.17, 15) is 18.0 Å². The molecule has 39 heavy (non-hydrogen) atoms. The molecule has 0 aliphatic carbocycles. The highest BCUT2D eigenvalue weighted by atomic mass is 127. The molecule has 208 valence electrons. The van der Waals surface area contributed by atoms with E-state index in [2.05, 4.69) is 27.9 Å². The standard InChI is InChI=1S/C29H33ClIN3O4S/c1-3-4-18-32-29(36)27(19-22-8-6-5-7-9-22)33(20-23-10-12-24(30)13-11-23)28(35)21-34(39(2,37)38)26-16-14-25(31)15-17-26/h5-17,27H,3-4,18-21H2,1-2H3,(H,32,36)/t27-/m0/s1. The number of anilines is 1. The summed E-state index contributed by atoms with van der Waals surface area (Å²) in [4.78, 5) is 29.0. The van der Waals surface area contributed by atoms with Crippen LogP contribution in [0.25, 0.3) is 0 Å². The molecule has 0 saturated carbocycles. The molecular weight excluding hydrogens is 649 g/mol. The molecule has 0 unspecified atom stereocenters. The highest BCUT2D eigenvalue weighted by Crippen LogP contribution is 2.22. The Hall–Kier alpha value is -2.63. The second-order valence-electron chi connectivity index (χ2n) is 9.24. The third-order valence-corrected chi connectivity index (χ3v) is 8.27. The van der Waals surface area contributed by atoms with Gasteiger partial charge in [-0.1, -0.05) is 67.4 Å². The van der Waals surface area contributed by atoms with E-state index in [4.69, 9.17) is 11.6 Å². The predicted octanol–water partition coefficient (Wildman–Crippen LogP) is 5.27. The van der Waals surface area contributed by atoms with Crippen LogP contribution in [0.2, 0.25) is 5.02 Å². The van der Waals surface area contributed by atoms with Crippen molar-refractivity contribution in [1.29, 1.82) is 0 Å². The minimum atomic E-state index is -3.79. The van der Waals surface area contributed by atoms with Gasteiger partial charge in [-0.3, -0.25) is 13.9 Å². The van der Waals surface area contributed by atoms with E-state index in [0.717, 1.165) is 38.1 Å². The molecule has 3 aromatic carbocycles. The number of amides is 2. The maximum absolute atomic E-state index is 14.0. The van der Waals surface area contributed by atoms with Crippen molar-refractivity contribution >= 4 is 61.7 Å². The fraction of sp³-hybridized carbons (Fsp3) is 0.310. The van der Waals surface area contributed by atoms with Crippen molar-refractivity contribution < 1.29 is 18.0 Å². The highest BCUT2D eigenvalue weighted by molar-refractivity contribution is 14.1. The van der Waals surface area contributed by atoms with Crippen molar-refractivity contribution in [2.24, 2.45) is 0 Å². The number of unbranched alkanes of at least 4 members (excludes halogenated alkanes) is 1. The van der Waals surface area contributed by atoms with Crippen LogP contribution in [0.15, 0.2) is 78.9 Å². The predicted molar refractivity (Wildman–Crippen MR) is 165 cm³/mol. The van der Waals surface area contributed by atoms with Gasteiger partial charge in [0, 0.05) is 28.1 Å². The van der Waals surface area contributed by atoms with Gasteiger partial charge >= 0.3 is 0 Å². The first-order chi connectivity index (χ1) is 18.6. The van der Waals surface area contributed by atoms with Crippen molar-refractivity contribution in [3.05, 3.63) is 98.6 Å². The van der Waals surface area contributed by atoms with Crippen LogP contribution in [0.1, 0.15) is 30.9 Å². The lowest BCUT2D eigenvalue weighted by atomic mass is 10.0. The van der Waals surface area contributed by atoms with E-state index in [-0.39, 0.29) is 18.9 Å². The maximum Gasteiger partial charge on any atom is 0.244 e. The molecule has 10 heteroatoms. The molecule has 1 N–H and O–H groups in total. The van der Waals surface area contributed by atoms with E-state index < -0.39 is 28.5 Å². The van der Waals surface area contributed by atoms with Crippen molar-refractivity contribution in [2.45, 2.75) is 38.8 Å². The molecule has 2 amide bonds. The number of hydrogen-bond donors (Lipinski definition) is 1. The van der Waals surface area contributed by atoms with Gasteiger partial charge in [0.15, 0.2) is 0 Å². The van der Waals surface area contributed by atoms with Gasteiger partial charge in [-0.2, -0.15) is 0 Å². The Morgan fingerprint density at radius 1 is 0.949 bits per heavy atom. The first-order valence-corrected chi connectivity index (χ1v) is 16.0. The molecule has 0 aromatic heterocycles. The number of carbonyl (C=O) groups is 2. The summed E-state index contributed by atoms with van der Waals surface area (Å²) in [6.45, 7) is 2.19. The first kappa shape index (κ1) is 30.9. The minimum Gasteiger partial charge on any atom is -0.354 e. The van der Waals surface area contributed by atoms with E-state index in [1.165, 1.54) is 4.90 Å². The van der Waals surface area contributed by atoms with Crippen molar-refractivity contribution in [1.82, 2.24) is 10.2 Å². The molecule has 0 aliphatic rings. The van der Waals surface area contributed by atoms with Crippen LogP contribution in [0.5, 0.6) is 0 Å². The van der Waals surface area contributed by atoms with Gasteiger partial charge in [0.05, 0.1) is 11.9 Å². The van der Waals surface area contributed by atoms with Crippen LogP contribution in [0.4, 0.5) is 5.69 Å². The average Bonchev–Trinajstić information content (AvgIpc) is 2.91. The number of carbonyl (C=O) groups excluding carboxylic acids is 2. The quantitative estimate of drug-likeness (QED) is 0.197. The third kappa shape index (κ3) is 9.51. The van der Waals surface area contributed by atoms with Crippen LogP contribution < -0.4 is 9.62 Å². The van der Waals surface area contributed by atoms with Gasteiger partial charge < -0.3 is 10.2 Å². The number of hydrogen-bond acceptors (Lipinski definition) is 4. The molecular formula is C29H33ClIN3O4S. The number of halogens is 2. The molecule has 3 aromatic rings. The summed E-state index contributed by atoms with van der Waals surface area (Å²) in [5.74, 6) is -0.768. The normalized spacial score (nSPS) is 12.0. The lowest BCUT2D eigenvalue weighted by Gasteiger charge is -2.33. The number of sulfonamides is 1. The van der Waals surface area contributed by atoms with E-state index in [0.29, 0.717) is 17.3 Å². The lowest BCUT2D eigenvalue weighted by molar-refractivity contribution is -0.140. The van der Waals surface area contributed by atoms with E-state index >= 15 is 0 Å². The highest BCUT2D eigenvalue weighted by Gasteiger charge is 2.32. The summed E-state index contributed by atoms with van der Waals surface area (Å²) < 4.78 is 27.6. The Bertz CT molecular complexity index is 1340.